The second kappa shape index (κ2) is 5.28. The monoisotopic (exact) mass is 305 g/mol. The van der Waals surface area contributed by atoms with E-state index in [1.165, 1.54) is 0 Å². The first-order valence-corrected chi connectivity index (χ1v) is 7.06. The van der Waals surface area contributed by atoms with Crippen LogP contribution in [0.15, 0.2) is 30.3 Å². The van der Waals surface area contributed by atoms with Crippen molar-refractivity contribution < 1.29 is 4.79 Å². The molecule has 18 heavy (non-hydrogen) atoms. The number of carbonyl (C=O) groups excluding carboxylic acids is 1. The van der Waals surface area contributed by atoms with Gasteiger partial charge in [0.1, 0.15) is 0 Å². The summed E-state index contributed by atoms with van der Waals surface area (Å²) < 4.78 is -1.41. The Hall–Kier alpha value is -0.440. The van der Waals surface area contributed by atoms with Crippen LogP contribution in [-0.2, 0) is 11.3 Å². The predicted molar refractivity (Wildman–Crippen MR) is 75.1 cm³/mol. The standard InChI is InChI=1S/C13H14Cl3NO/c1-9-11(7-14)13(15,16)12(18)17(9)8-10-5-3-2-4-6-10/h2-6,9,11H,7-8H2,1H3/t9-,11-/m0/s1. The van der Waals surface area contributed by atoms with E-state index in [9.17, 15) is 4.79 Å². The van der Waals surface area contributed by atoms with Gasteiger partial charge in [-0.25, -0.2) is 0 Å². The summed E-state index contributed by atoms with van der Waals surface area (Å²) in [4.78, 5) is 13.9. The van der Waals surface area contributed by atoms with Gasteiger partial charge in [-0.3, -0.25) is 4.79 Å². The van der Waals surface area contributed by atoms with Gasteiger partial charge in [-0.05, 0) is 12.5 Å². The van der Waals surface area contributed by atoms with Crippen LogP contribution in [0, 0.1) is 5.92 Å². The molecule has 0 N–H and O–H groups in total. The molecule has 2 atom stereocenters. The summed E-state index contributed by atoms with van der Waals surface area (Å²) in [5.74, 6) is -0.239. The predicted octanol–water partition coefficient (Wildman–Crippen LogP) is 3.45. The first-order chi connectivity index (χ1) is 8.48. The summed E-state index contributed by atoms with van der Waals surface area (Å²) in [6.45, 7) is 2.44. The van der Waals surface area contributed by atoms with Crippen molar-refractivity contribution in [3.8, 4) is 0 Å². The Morgan fingerprint density at radius 2 is 1.89 bits per heavy atom. The molecule has 5 heteroatoms. The molecule has 0 spiro atoms. The number of hydrogen-bond donors (Lipinski definition) is 0. The maximum absolute atomic E-state index is 12.2. The van der Waals surface area contributed by atoms with E-state index >= 15 is 0 Å². The van der Waals surface area contributed by atoms with E-state index in [1.807, 2.05) is 37.3 Å². The van der Waals surface area contributed by atoms with E-state index in [0.717, 1.165) is 5.56 Å². The molecule has 1 aliphatic heterocycles. The average molecular weight is 307 g/mol. The lowest BCUT2D eigenvalue weighted by atomic mass is 10.0. The Kier molecular flexibility index (Phi) is 4.10. The first-order valence-electron chi connectivity index (χ1n) is 5.77. The van der Waals surface area contributed by atoms with Crippen molar-refractivity contribution in [3.63, 3.8) is 0 Å². The summed E-state index contributed by atoms with van der Waals surface area (Å²) in [7, 11) is 0. The van der Waals surface area contributed by atoms with E-state index in [4.69, 9.17) is 34.8 Å². The third kappa shape index (κ3) is 2.34. The topological polar surface area (TPSA) is 20.3 Å². The molecule has 2 rings (SSSR count). The Morgan fingerprint density at radius 3 is 2.39 bits per heavy atom. The second-order valence-corrected chi connectivity index (χ2v) is 6.24. The molecule has 1 aromatic carbocycles. The third-order valence-corrected chi connectivity index (χ3v) is 4.66. The van der Waals surface area contributed by atoms with Crippen LogP contribution in [0.5, 0.6) is 0 Å². The number of carbonyl (C=O) groups is 1. The van der Waals surface area contributed by atoms with Crippen LogP contribution >= 0.6 is 34.8 Å². The number of halogens is 3. The zero-order valence-electron chi connectivity index (χ0n) is 9.95. The highest BCUT2D eigenvalue weighted by Crippen LogP contribution is 2.44. The second-order valence-electron chi connectivity index (χ2n) is 4.54. The number of nitrogens with zero attached hydrogens (tertiary/aromatic N) is 1. The summed E-state index contributed by atoms with van der Waals surface area (Å²) in [6, 6.07) is 9.69. The quantitative estimate of drug-likeness (QED) is 0.783. The molecule has 0 radical (unpaired) electrons. The molecule has 0 saturated carbocycles. The number of alkyl halides is 3. The van der Waals surface area contributed by atoms with Gasteiger partial charge in [0, 0.05) is 24.4 Å². The third-order valence-electron chi connectivity index (χ3n) is 3.45. The minimum absolute atomic E-state index is 0.0646. The van der Waals surface area contributed by atoms with Gasteiger partial charge in [0.15, 0.2) is 0 Å². The highest BCUT2D eigenvalue weighted by Gasteiger charge is 2.55. The van der Waals surface area contributed by atoms with Gasteiger partial charge in [-0.2, -0.15) is 0 Å². The molecule has 1 saturated heterocycles. The van der Waals surface area contributed by atoms with E-state index in [2.05, 4.69) is 0 Å². The fourth-order valence-corrected chi connectivity index (χ4v) is 3.66. The SMILES string of the molecule is C[C@H]1[C@H](CCl)C(Cl)(Cl)C(=O)N1Cc1ccccc1. The largest absolute Gasteiger partial charge is 0.333 e. The van der Waals surface area contributed by atoms with Crippen LogP contribution in [0.4, 0.5) is 0 Å². The number of benzene rings is 1. The van der Waals surface area contributed by atoms with E-state index in [-0.39, 0.29) is 23.7 Å². The smallest absolute Gasteiger partial charge is 0.259 e. The van der Waals surface area contributed by atoms with Crippen molar-refractivity contribution in [2.75, 3.05) is 5.88 Å². The van der Waals surface area contributed by atoms with Gasteiger partial charge in [-0.15, -0.1) is 11.6 Å². The van der Waals surface area contributed by atoms with Crippen LogP contribution in [-0.4, -0.2) is 27.1 Å². The minimum Gasteiger partial charge on any atom is -0.333 e. The average Bonchev–Trinajstić information content (AvgIpc) is 2.51. The Morgan fingerprint density at radius 1 is 1.28 bits per heavy atom. The van der Waals surface area contributed by atoms with E-state index < -0.39 is 4.33 Å². The number of amides is 1. The molecule has 1 heterocycles. The molecule has 0 unspecified atom stereocenters. The fraction of sp³-hybridized carbons (Fsp3) is 0.462. The molecule has 0 aliphatic carbocycles. The maximum atomic E-state index is 12.2. The molecular weight excluding hydrogens is 293 g/mol. The fourth-order valence-electron chi connectivity index (χ4n) is 2.28. The molecule has 1 fully saturated rings. The molecule has 2 nitrogen and oxygen atoms in total. The van der Waals surface area contributed by atoms with Gasteiger partial charge in [0.2, 0.25) is 4.33 Å². The van der Waals surface area contributed by atoms with E-state index in [1.54, 1.807) is 4.90 Å². The Labute approximate surface area is 122 Å². The first kappa shape index (κ1) is 14.0. The van der Waals surface area contributed by atoms with Crippen molar-refractivity contribution in [1.29, 1.82) is 0 Å². The van der Waals surface area contributed by atoms with Crippen LogP contribution in [0.3, 0.4) is 0 Å². The maximum Gasteiger partial charge on any atom is 0.259 e. The number of likely N-dealkylation sites (tertiary alicyclic amines) is 1. The molecule has 1 aromatic rings. The lowest BCUT2D eigenvalue weighted by Gasteiger charge is -2.23. The number of hydrogen-bond acceptors (Lipinski definition) is 1. The van der Waals surface area contributed by atoms with Crippen molar-refractivity contribution in [2.45, 2.75) is 23.8 Å². The molecule has 1 aliphatic rings. The zero-order chi connectivity index (χ0) is 13.3. The zero-order valence-corrected chi connectivity index (χ0v) is 12.2. The van der Waals surface area contributed by atoms with Crippen LogP contribution < -0.4 is 0 Å². The molecule has 1 amide bonds. The summed E-state index contributed by atoms with van der Waals surface area (Å²) in [5.41, 5.74) is 1.05. The van der Waals surface area contributed by atoms with Crippen LogP contribution in [0.2, 0.25) is 0 Å². The molecule has 0 aromatic heterocycles. The van der Waals surface area contributed by atoms with Gasteiger partial charge < -0.3 is 4.90 Å². The van der Waals surface area contributed by atoms with E-state index in [0.29, 0.717) is 6.54 Å². The highest BCUT2D eigenvalue weighted by atomic mass is 35.5. The minimum atomic E-state index is -1.41. The molecular formula is C13H14Cl3NO. The van der Waals surface area contributed by atoms with Gasteiger partial charge >= 0.3 is 0 Å². The van der Waals surface area contributed by atoms with Gasteiger partial charge in [0.05, 0.1) is 0 Å². The van der Waals surface area contributed by atoms with Crippen LogP contribution in [0.25, 0.3) is 0 Å². The van der Waals surface area contributed by atoms with Crippen molar-refractivity contribution in [1.82, 2.24) is 4.90 Å². The Balaban J connectivity index is 2.22. The van der Waals surface area contributed by atoms with Crippen molar-refractivity contribution >= 4 is 40.7 Å². The highest BCUT2D eigenvalue weighted by molar-refractivity contribution is 6.59. The normalized spacial score (nSPS) is 26.7. The van der Waals surface area contributed by atoms with Crippen LogP contribution in [0.1, 0.15) is 12.5 Å². The van der Waals surface area contributed by atoms with Crippen molar-refractivity contribution in [2.24, 2.45) is 5.92 Å². The summed E-state index contributed by atoms with van der Waals surface area (Å²) >= 11 is 18.1. The summed E-state index contributed by atoms with van der Waals surface area (Å²) in [6.07, 6.45) is 0. The van der Waals surface area contributed by atoms with Crippen molar-refractivity contribution in [3.05, 3.63) is 35.9 Å². The molecule has 0 bridgehead atoms. The number of rotatable bonds is 3. The molecule has 98 valence electrons. The lowest BCUT2D eigenvalue weighted by molar-refractivity contribution is -0.129. The Bertz CT molecular complexity index is 435. The van der Waals surface area contributed by atoms with Gasteiger partial charge in [-0.1, -0.05) is 53.5 Å². The van der Waals surface area contributed by atoms with Gasteiger partial charge in [0.25, 0.3) is 5.91 Å². The lowest BCUT2D eigenvalue weighted by Crippen LogP contribution is -2.34. The summed E-state index contributed by atoms with van der Waals surface area (Å²) in [5, 5.41) is 0.